The van der Waals surface area contributed by atoms with E-state index in [-0.39, 0.29) is 12.5 Å². The van der Waals surface area contributed by atoms with Crippen molar-refractivity contribution >= 4 is 11.8 Å². The van der Waals surface area contributed by atoms with Gasteiger partial charge in [-0.15, -0.1) is 5.10 Å². The maximum absolute atomic E-state index is 10.6. The molecule has 2 rings (SSSR count). The van der Waals surface area contributed by atoms with Crippen LogP contribution in [0.1, 0.15) is 50.6 Å². The molecule has 1 atom stereocenters. The number of carboxylic acids is 1. The van der Waals surface area contributed by atoms with Crippen LogP contribution in [0.15, 0.2) is 12.1 Å². The van der Waals surface area contributed by atoms with Gasteiger partial charge in [0.25, 0.3) is 0 Å². The lowest BCUT2D eigenvalue weighted by Gasteiger charge is -2.12. The molecule has 1 aromatic rings. The molecule has 0 spiro atoms. The molecule has 1 aromatic heterocycles. The van der Waals surface area contributed by atoms with Gasteiger partial charge in [-0.1, -0.05) is 12.8 Å². The first-order chi connectivity index (χ1) is 8.65. The molecule has 0 aromatic carbocycles. The van der Waals surface area contributed by atoms with Crippen molar-refractivity contribution in [1.82, 2.24) is 10.2 Å². The summed E-state index contributed by atoms with van der Waals surface area (Å²) in [6.45, 7) is 1.82. The molecule has 0 radical (unpaired) electrons. The Morgan fingerprint density at radius 3 is 2.72 bits per heavy atom. The molecule has 5 nitrogen and oxygen atoms in total. The van der Waals surface area contributed by atoms with Gasteiger partial charge < -0.3 is 10.4 Å². The lowest BCUT2D eigenvalue weighted by atomic mass is 10.0. The SMILES string of the molecule is CC(CC(=O)O)Nc1ccc(C2CCCC2)nn1. The number of aromatic nitrogens is 2. The van der Waals surface area contributed by atoms with Gasteiger partial charge in [-0.05, 0) is 31.9 Å². The number of hydrogen-bond donors (Lipinski definition) is 2. The van der Waals surface area contributed by atoms with Crippen molar-refractivity contribution in [2.24, 2.45) is 0 Å². The Balaban J connectivity index is 1.92. The Kier molecular flexibility index (Phi) is 4.12. The number of carbonyl (C=O) groups is 1. The second kappa shape index (κ2) is 5.80. The van der Waals surface area contributed by atoms with Crippen LogP contribution in [-0.4, -0.2) is 27.3 Å². The summed E-state index contributed by atoms with van der Waals surface area (Å²) in [6.07, 6.45) is 5.05. The van der Waals surface area contributed by atoms with Gasteiger partial charge in [0.15, 0.2) is 0 Å². The largest absolute Gasteiger partial charge is 0.481 e. The third kappa shape index (κ3) is 3.42. The van der Waals surface area contributed by atoms with Crippen LogP contribution in [0.2, 0.25) is 0 Å². The van der Waals surface area contributed by atoms with Crippen LogP contribution in [0.25, 0.3) is 0 Å². The van der Waals surface area contributed by atoms with Crippen molar-refractivity contribution < 1.29 is 9.90 Å². The number of nitrogens with zero attached hydrogens (tertiary/aromatic N) is 2. The summed E-state index contributed by atoms with van der Waals surface area (Å²) in [5, 5.41) is 20.1. The molecule has 98 valence electrons. The molecule has 0 saturated heterocycles. The molecule has 1 heterocycles. The van der Waals surface area contributed by atoms with E-state index in [0.29, 0.717) is 11.7 Å². The highest BCUT2D eigenvalue weighted by atomic mass is 16.4. The second-order valence-corrected chi connectivity index (χ2v) is 4.97. The van der Waals surface area contributed by atoms with Crippen molar-refractivity contribution in [1.29, 1.82) is 0 Å². The van der Waals surface area contributed by atoms with Crippen molar-refractivity contribution in [3.63, 3.8) is 0 Å². The van der Waals surface area contributed by atoms with Crippen molar-refractivity contribution in [2.75, 3.05) is 5.32 Å². The molecule has 0 aliphatic heterocycles. The van der Waals surface area contributed by atoms with Gasteiger partial charge in [-0.25, -0.2) is 0 Å². The quantitative estimate of drug-likeness (QED) is 0.838. The molecule has 5 heteroatoms. The summed E-state index contributed by atoms with van der Waals surface area (Å²) in [5.41, 5.74) is 1.06. The first kappa shape index (κ1) is 12.8. The number of hydrogen-bond acceptors (Lipinski definition) is 4. The smallest absolute Gasteiger partial charge is 0.305 e. The molecule has 1 unspecified atom stereocenters. The highest BCUT2D eigenvalue weighted by molar-refractivity contribution is 5.68. The van der Waals surface area contributed by atoms with Crippen LogP contribution in [-0.2, 0) is 4.79 Å². The zero-order chi connectivity index (χ0) is 13.0. The van der Waals surface area contributed by atoms with Crippen LogP contribution in [0.4, 0.5) is 5.82 Å². The van der Waals surface area contributed by atoms with Gasteiger partial charge in [0.05, 0.1) is 12.1 Å². The highest BCUT2D eigenvalue weighted by Gasteiger charge is 2.18. The fourth-order valence-corrected chi connectivity index (χ4v) is 2.42. The maximum atomic E-state index is 10.6. The molecule has 1 saturated carbocycles. The topological polar surface area (TPSA) is 75.1 Å². The zero-order valence-electron chi connectivity index (χ0n) is 10.6. The molecule has 1 aliphatic carbocycles. The van der Waals surface area contributed by atoms with Crippen LogP contribution < -0.4 is 5.32 Å². The van der Waals surface area contributed by atoms with E-state index in [1.807, 2.05) is 19.1 Å². The fraction of sp³-hybridized carbons (Fsp3) is 0.615. The minimum Gasteiger partial charge on any atom is -0.481 e. The van der Waals surface area contributed by atoms with Crippen LogP contribution in [0, 0.1) is 0 Å². The number of carboxylic acid groups (broad SMARTS) is 1. The van der Waals surface area contributed by atoms with Gasteiger partial charge in [0.1, 0.15) is 5.82 Å². The Labute approximate surface area is 107 Å². The standard InChI is InChI=1S/C13H19N3O2/c1-9(8-13(17)18)14-12-7-6-11(15-16-12)10-4-2-3-5-10/h6-7,9-10H,2-5,8H2,1H3,(H,14,16)(H,17,18). The molecule has 1 fully saturated rings. The van der Waals surface area contributed by atoms with Crippen LogP contribution >= 0.6 is 0 Å². The first-order valence-corrected chi connectivity index (χ1v) is 6.47. The van der Waals surface area contributed by atoms with Gasteiger partial charge in [0.2, 0.25) is 0 Å². The lowest BCUT2D eigenvalue weighted by Crippen LogP contribution is -2.20. The Hall–Kier alpha value is -1.65. The minimum absolute atomic E-state index is 0.0755. The molecule has 18 heavy (non-hydrogen) atoms. The van der Waals surface area contributed by atoms with Crippen LogP contribution in [0.3, 0.4) is 0 Å². The fourth-order valence-electron chi connectivity index (χ4n) is 2.42. The van der Waals surface area contributed by atoms with E-state index in [0.717, 1.165) is 5.69 Å². The lowest BCUT2D eigenvalue weighted by molar-refractivity contribution is -0.137. The number of anilines is 1. The van der Waals surface area contributed by atoms with Crippen molar-refractivity contribution in [3.05, 3.63) is 17.8 Å². The average Bonchev–Trinajstić information content (AvgIpc) is 2.82. The predicted molar refractivity (Wildman–Crippen MR) is 68.6 cm³/mol. The van der Waals surface area contributed by atoms with E-state index in [9.17, 15) is 4.79 Å². The first-order valence-electron chi connectivity index (χ1n) is 6.47. The third-order valence-electron chi connectivity index (χ3n) is 3.33. The van der Waals surface area contributed by atoms with E-state index in [4.69, 9.17) is 5.11 Å². The zero-order valence-corrected chi connectivity index (χ0v) is 10.6. The molecule has 1 aliphatic rings. The minimum atomic E-state index is -0.814. The van der Waals surface area contributed by atoms with Crippen LogP contribution in [0.5, 0.6) is 0 Å². The highest BCUT2D eigenvalue weighted by Crippen LogP contribution is 2.32. The molecule has 0 bridgehead atoms. The molecular weight excluding hydrogens is 230 g/mol. The summed E-state index contributed by atoms with van der Waals surface area (Å²) in [5.74, 6) is 0.388. The van der Waals surface area contributed by atoms with Gasteiger partial charge in [0, 0.05) is 12.0 Å². The van der Waals surface area contributed by atoms with Crippen molar-refractivity contribution in [2.45, 2.75) is 51.0 Å². The monoisotopic (exact) mass is 249 g/mol. The predicted octanol–water partition coefficient (Wildman–Crippen LogP) is 2.41. The molecule has 0 amide bonds. The van der Waals surface area contributed by atoms with E-state index < -0.39 is 5.97 Å². The summed E-state index contributed by atoms with van der Waals surface area (Å²) >= 11 is 0. The van der Waals surface area contributed by atoms with E-state index in [1.165, 1.54) is 25.7 Å². The summed E-state index contributed by atoms with van der Waals surface area (Å²) in [4.78, 5) is 10.6. The molecule has 2 N–H and O–H groups in total. The van der Waals surface area contributed by atoms with Gasteiger partial charge >= 0.3 is 5.97 Å². The number of nitrogens with one attached hydrogen (secondary N) is 1. The Bertz CT molecular complexity index is 399. The maximum Gasteiger partial charge on any atom is 0.305 e. The number of rotatable bonds is 5. The van der Waals surface area contributed by atoms with E-state index in [2.05, 4.69) is 15.5 Å². The van der Waals surface area contributed by atoms with Gasteiger partial charge in [-0.3, -0.25) is 4.79 Å². The van der Waals surface area contributed by atoms with E-state index in [1.54, 1.807) is 0 Å². The molecular formula is C13H19N3O2. The summed E-state index contributed by atoms with van der Waals surface area (Å²) in [7, 11) is 0. The van der Waals surface area contributed by atoms with Crippen molar-refractivity contribution in [3.8, 4) is 0 Å². The van der Waals surface area contributed by atoms with Gasteiger partial charge in [-0.2, -0.15) is 5.10 Å². The summed E-state index contributed by atoms with van der Waals surface area (Å²) in [6, 6.07) is 3.74. The van der Waals surface area contributed by atoms with E-state index >= 15 is 0 Å². The third-order valence-corrected chi connectivity index (χ3v) is 3.33. The normalized spacial score (nSPS) is 17.6. The number of aliphatic carboxylic acids is 1. The average molecular weight is 249 g/mol. The Morgan fingerprint density at radius 1 is 1.44 bits per heavy atom. The Morgan fingerprint density at radius 2 is 2.17 bits per heavy atom. The summed E-state index contributed by atoms with van der Waals surface area (Å²) < 4.78 is 0. The second-order valence-electron chi connectivity index (χ2n) is 4.97.